The van der Waals surface area contributed by atoms with Crippen LogP contribution in [0.15, 0.2) is 30.3 Å². The monoisotopic (exact) mass is 332 g/mol. The lowest BCUT2D eigenvalue weighted by molar-refractivity contribution is -0.135. The number of morpholine rings is 1. The predicted octanol–water partition coefficient (Wildman–Crippen LogP) is 1.51. The lowest BCUT2D eigenvalue weighted by atomic mass is 10.0. The molecule has 2 heterocycles. The minimum absolute atomic E-state index is 0.0273. The number of carbonyl (C=O) groups is 1. The van der Waals surface area contributed by atoms with Crippen LogP contribution in [0, 0.1) is 5.92 Å². The third-order valence-corrected chi connectivity index (χ3v) is 5.13. The van der Waals surface area contributed by atoms with Crippen molar-refractivity contribution >= 4 is 5.91 Å². The van der Waals surface area contributed by atoms with E-state index >= 15 is 0 Å². The van der Waals surface area contributed by atoms with Gasteiger partial charge in [0.05, 0.1) is 25.2 Å². The average Bonchev–Trinajstić information content (AvgIpc) is 3.06. The van der Waals surface area contributed by atoms with Crippen LogP contribution in [0.3, 0.4) is 0 Å². The number of rotatable bonds is 5. The van der Waals surface area contributed by atoms with Gasteiger partial charge in [-0.1, -0.05) is 30.3 Å². The second kappa shape index (κ2) is 8.10. The van der Waals surface area contributed by atoms with Gasteiger partial charge in [-0.3, -0.25) is 9.69 Å². The van der Waals surface area contributed by atoms with Gasteiger partial charge in [0.15, 0.2) is 0 Å². The topological polar surface area (TPSA) is 53.0 Å². The van der Waals surface area contributed by atoms with E-state index in [0.717, 1.165) is 32.6 Å². The van der Waals surface area contributed by atoms with Gasteiger partial charge < -0.3 is 14.7 Å². The van der Waals surface area contributed by atoms with E-state index in [9.17, 15) is 9.90 Å². The molecule has 2 fully saturated rings. The van der Waals surface area contributed by atoms with E-state index < -0.39 is 0 Å². The molecule has 5 nitrogen and oxygen atoms in total. The van der Waals surface area contributed by atoms with Crippen LogP contribution in [0.25, 0.3) is 0 Å². The molecule has 132 valence electrons. The van der Waals surface area contributed by atoms with Gasteiger partial charge in [-0.25, -0.2) is 0 Å². The van der Waals surface area contributed by atoms with E-state index in [1.54, 1.807) is 0 Å². The first-order chi connectivity index (χ1) is 11.6. The maximum absolute atomic E-state index is 12.5. The van der Waals surface area contributed by atoms with E-state index in [2.05, 4.69) is 29.2 Å². The highest BCUT2D eigenvalue weighted by atomic mass is 16.5. The summed E-state index contributed by atoms with van der Waals surface area (Å²) in [5.74, 6) is 0.375. The number of ether oxygens (including phenoxy) is 1. The van der Waals surface area contributed by atoms with E-state index in [1.165, 1.54) is 5.56 Å². The Morgan fingerprint density at radius 1 is 1.29 bits per heavy atom. The van der Waals surface area contributed by atoms with Gasteiger partial charge in [0, 0.05) is 38.6 Å². The lowest BCUT2D eigenvalue weighted by Gasteiger charge is -2.33. The number of hydrogen-bond donors (Lipinski definition) is 1. The first kappa shape index (κ1) is 17.4. The highest BCUT2D eigenvalue weighted by molar-refractivity contribution is 5.77. The third-order valence-electron chi connectivity index (χ3n) is 5.13. The zero-order valence-electron chi connectivity index (χ0n) is 14.4. The molecule has 1 N–H and O–H groups in total. The predicted molar refractivity (Wildman–Crippen MR) is 92.4 cm³/mol. The molecule has 2 aliphatic heterocycles. The molecule has 3 unspecified atom stereocenters. The molecule has 3 atom stereocenters. The normalized spacial score (nSPS) is 26.5. The van der Waals surface area contributed by atoms with Gasteiger partial charge in [-0.05, 0) is 18.9 Å². The highest BCUT2D eigenvalue weighted by Gasteiger charge is 2.31. The molecule has 0 radical (unpaired) electrons. The van der Waals surface area contributed by atoms with Crippen LogP contribution in [0.2, 0.25) is 0 Å². The Balaban J connectivity index is 1.47. The molecular formula is C19H28N2O3. The molecular weight excluding hydrogens is 304 g/mol. The Bertz CT molecular complexity index is 535. The van der Waals surface area contributed by atoms with Crippen LogP contribution in [0.5, 0.6) is 0 Å². The van der Waals surface area contributed by atoms with Crippen molar-refractivity contribution in [3.63, 3.8) is 0 Å². The fourth-order valence-corrected chi connectivity index (χ4v) is 3.62. The summed E-state index contributed by atoms with van der Waals surface area (Å²) in [5, 5.41) is 9.68. The van der Waals surface area contributed by atoms with Crippen molar-refractivity contribution in [2.45, 2.75) is 38.5 Å². The summed E-state index contributed by atoms with van der Waals surface area (Å²) in [6.07, 6.45) is 0.975. The number of amides is 1. The minimum atomic E-state index is -0.338. The number of aliphatic hydroxyl groups excluding tert-OH is 1. The Kier molecular flexibility index (Phi) is 5.87. The van der Waals surface area contributed by atoms with Crippen LogP contribution < -0.4 is 0 Å². The summed E-state index contributed by atoms with van der Waals surface area (Å²) in [6, 6.07) is 10.4. The first-order valence-corrected chi connectivity index (χ1v) is 8.95. The SMILES string of the molecule is CC(O)C1CCN(C(=O)CC2CN(Cc3ccccc3)CCO2)C1. The molecule has 2 aliphatic rings. The quantitative estimate of drug-likeness (QED) is 0.888. The van der Waals surface area contributed by atoms with Crippen molar-refractivity contribution in [3.8, 4) is 0 Å². The summed E-state index contributed by atoms with van der Waals surface area (Å²) in [5.41, 5.74) is 1.30. The molecule has 0 aromatic heterocycles. The molecule has 3 rings (SSSR count). The molecule has 0 aliphatic carbocycles. The van der Waals surface area contributed by atoms with E-state index in [4.69, 9.17) is 4.74 Å². The van der Waals surface area contributed by atoms with Crippen LogP contribution in [-0.2, 0) is 16.1 Å². The molecule has 2 saturated heterocycles. The van der Waals surface area contributed by atoms with Gasteiger partial charge in [-0.15, -0.1) is 0 Å². The van der Waals surface area contributed by atoms with Crippen molar-refractivity contribution in [1.29, 1.82) is 0 Å². The fraction of sp³-hybridized carbons (Fsp3) is 0.632. The van der Waals surface area contributed by atoms with Gasteiger partial charge in [0.1, 0.15) is 0 Å². The zero-order valence-corrected chi connectivity index (χ0v) is 14.4. The van der Waals surface area contributed by atoms with Crippen molar-refractivity contribution < 1.29 is 14.6 Å². The Hall–Kier alpha value is -1.43. The molecule has 0 bridgehead atoms. The molecule has 0 saturated carbocycles. The number of likely N-dealkylation sites (tertiary alicyclic amines) is 1. The van der Waals surface area contributed by atoms with Crippen LogP contribution in [-0.4, -0.2) is 65.8 Å². The summed E-state index contributed by atoms with van der Waals surface area (Å²) in [4.78, 5) is 16.7. The first-order valence-electron chi connectivity index (χ1n) is 8.95. The number of carbonyl (C=O) groups excluding carboxylic acids is 1. The number of hydrogen-bond acceptors (Lipinski definition) is 4. The van der Waals surface area contributed by atoms with Crippen molar-refractivity contribution in [2.75, 3.05) is 32.8 Å². The van der Waals surface area contributed by atoms with Crippen molar-refractivity contribution in [1.82, 2.24) is 9.80 Å². The summed E-state index contributed by atoms with van der Waals surface area (Å²) < 4.78 is 5.81. The van der Waals surface area contributed by atoms with Gasteiger partial charge in [0.25, 0.3) is 0 Å². The summed E-state index contributed by atoms with van der Waals surface area (Å²) >= 11 is 0. The Morgan fingerprint density at radius 3 is 2.79 bits per heavy atom. The van der Waals surface area contributed by atoms with E-state index in [-0.39, 0.29) is 24.0 Å². The second-order valence-corrected chi connectivity index (χ2v) is 7.05. The zero-order chi connectivity index (χ0) is 16.9. The molecule has 1 aromatic carbocycles. The average molecular weight is 332 g/mol. The maximum atomic E-state index is 12.5. The van der Waals surface area contributed by atoms with Gasteiger partial charge in [-0.2, -0.15) is 0 Å². The van der Waals surface area contributed by atoms with E-state index in [1.807, 2.05) is 17.9 Å². The minimum Gasteiger partial charge on any atom is -0.393 e. The van der Waals surface area contributed by atoms with Gasteiger partial charge in [0.2, 0.25) is 5.91 Å². The lowest BCUT2D eigenvalue weighted by Crippen LogP contribution is -2.44. The Labute approximate surface area is 144 Å². The third kappa shape index (κ3) is 4.56. The number of nitrogens with zero attached hydrogens (tertiary/aromatic N) is 2. The highest BCUT2D eigenvalue weighted by Crippen LogP contribution is 2.21. The molecule has 24 heavy (non-hydrogen) atoms. The summed E-state index contributed by atoms with van der Waals surface area (Å²) in [6.45, 7) is 6.54. The van der Waals surface area contributed by atoms with Crippen LogP contribution >= 0.6 is 0 Å². The van der Waals surface area contributed by atoms with Crippen LogP contribution in [0.4, 0.5) is 0 Å². The van der Waals surface area contributed by atoms with Crippen molar-refractivity contribution in [2.24, 2.45) is 5.92 Å². The molecule has 1 amide bonds. The van der Waals surface area contributed by atoms with Crippen molar-refractivity contribution in [3.05, 3.63) is 35.9 Å². The largest absolute Gasteiger partial charge is 0.393 e. The maximum Gasteiger partial charge on any atom is 0.225 e. The van der Waals surface area contributed by atoms with Crippen LogP contribution in [0.1, 0.15) is 25.3 Å². The van der Waals surface area contributed by atoms with E-state index in [0.29, 0.717) is 19.6 Å². The number of aliphatic hydroxyl groups is 1. The summed E-state index contributed by atoms with van der Waals surface area (Å²) in [7, 11) is 0. The smallest absolute Gasteiger partial charge is 0.225 e. The van der Waals surface area contributed by atoms with Gasteiger partial charge >= 0.3 is 0 Å². The Morgan fingerprint density at radius 2 is 2.08 bits per heavy atom. The molecule has 0 spiro atoms. The second-order valence-electron chi connectivity index (χ2n) is 7.05. The molecule has 1 aromatic rings. The fourth-order valence-electron chi connectivity index (χ4n) is 3.62. The standard InChI is InChI=1S/C19H28N2O3/c1-15(22)17-7-8-21(13-17)19(23)11-18-14-20(9-10-24-18)12-16-5-3-2-4-6-16/h2-6,15,17-18,22H,7-14H2,1H3. The number of benzene rings is 1. The molecule has 5 heteroatoms.